The minimum absolute atomic E-state index is 0.230. The second-order valence-corrected chi connectivity index (χ2v) is 3.20. The Hall–Kier alpha value is -2.24. The van der Waals surface area contributed by atoms with Crippen molar-refractivity contribution >= 4 is 5.82 Å². The lowest BCUT2D eigenvalue weighted by atomic mass is 10.2. The van der Waals surface area contributed by atoms with Crippen molar-refractivity contribution in [1.29, 1.82) is 0 Å². The van der Waals surface area contributed by atoms with E-state index in [1.807, 2.05) is 6.92 Å². The Bertz CT molecular complexity index is 549. The molecule has 0 atom stereocenters. The summed E-state index contributed by atoms with van der Waals surface area (Å²) >= 11 is 0. The van der Waals surface area contributed by atoms with E-state index in [-0.39, 0.29) is 11.4 Å². The second-order valence-electron chi connectivity index (χ2n) is 3.20. The van der Waals surface area contributed by atoms with Gasteiger partial charge in [0.15, 0.2) is 11.6 Å². The largest absolute Gasteiger partial charge is 0.383 e. The average molecular weight is 217 g/mol. The van der Waals surface area contributed by atoms with Gasteiger partial charge in [-0.25, -0.2) is 15.0 Å². The fraction of sp³-hybridized carbons (Fsp3) is 0.200. The Morgan fingerprint density at radius 1 is 1.38 bits per heavy atom. The third-order valence-electron chi connectivity index (χ3n) is 2.18. The first-order valence-electron chi connectivity index (χ1n) is 4.88. The molecule has 2 aromatic heterocycles. The fourth-order valence-corrected chi connectivity index (χ4v) is 1.38. The minimum atomic E-state index is -0.238. The van der Waals surface area contributed by atoms with Crippen LogP contribution in [0, 0.1) is 0 Å². The van der Waals surface area contributed by atoms with Gasteiger partial charge in [-0.15, -0.1) is 0 Å². The summed E-state index contributed by atoms with van der Waals surface area (Å²) in [6.45, 7) is 1.85. The van der Waals surface area contributed by atoms with Crippen molar-refractivity contribution in [2.24, 2.45) is 0 Å². The first-order chi connectivity index (χ1) is 7.72. The smallest absolute Gasteiger partial charge is 0.256 e. The lowest BCUT2D eigenvalue weighted by molar-refractivity contribution is 0.996. The van der Waals surface area contributed by atoms with Crippen molar-refractivity contribution in [3.8, 4) is 11.6 Å². The average Bonchev–Trinajstić information content (AvgIpc) is 2.30. The van der Waals surface area contributed by atoms with Crippen LogP contribution in [-0.2, 0) is 6.42 Å². The number of rotatable bonds is 2. The molecule has 0 aromatic carbocycles. The molecule has 0 saturated carbocycles. The number of nitrogen functional groups attached to an aromatic ring is 1. The summed E-state index contributed by atoms with van der Waals surface area (Å²) < 4.78 is 0. The van der Waals surface area contributed by atoms with Crippen LogP contribution in [0.25, 0.3) is 11.6 Å². The highest BCUT2D eigenvalue weighted by Crippen LogP contribution is 2.10. The summed E-state index contributed by atoms with van der Waals surface area (Å²) in [5.41, 5.74) is 5.93. The van der Waals surface area contributed by atoms with Crippen LogP contribution in [-0.4, -0.2) is 19.9 Å². The number of hydrogen-bond donors (Lipinski definition) is 2. The molecule has 16 heavy (non-hydrogen) atoms. The number of nitrogens with one attached hydrogen (secondary N) is 1. The second kappa shape index (κ2) is 4.09. The van der Waals surface area contributed by atoms with Crippen molar-refractivity contribution < 1.29 is 0 Å². The van der Waals surface area contributed by atoms with Crippen molar-refractivity contribution in [3.63, 3.8) is 0 Å². The molecule has 2 rings (SSSR count). The van der Waals surface area contributed by atoms with Crippen molar-refractivity contribution in [2.75, 3.05) is 5.73 Å². The molecule has 2 heterocycles. The van der Waals surface area contributed by atoms with Gasteiger partial charge in [0.25, 0.3) is 5.56 Å². The lowest BCUT2D eigenvalue weighted by Gasteiger charge is -2.03. The number of anilines is 1. The van der Waals surface area contributed by atoms with Gasteiger partial charge >= 0.3 is 0 Å². The van der Waals surface area contributed by atoms with Crippen LogP contribution < -0.4 is 11.3 Å². The molecule has 6 heteroatoms. The molecule has 82 valence electrons. The van der Waals surface area contributed by atoms with Gasteiger partial charge in [-0.05, 0) is 12.5 Å². The Balaban J connectivity index is 2.57. The molecule has 0 unspecified atom stereocenters. The van der Waals surface area contributed by atoms with Gasteiger partial charge in [-0.1, -0.05) is 6.92 Å². The molecule has 0 aliphatic heterocycles. The van der Waals surface area contributed by atoms with E-state index in [1.54, 1.807) is 18.5 Å². The summed E-state index contributed by atoms with van der Waals surface area (Å²) in [7, 11) is 0. The summed E-state index contributed by atoms with van der Waals surface area (Å²) in [6.07, 6.45) is 3.70. The molecule has 0 bridgehead atoms. The number of aromatic amines is 1. The molecule has 0 aliphatic rings. The molecule has 3 N–H and O–H groups in total. The molecule has 0 aliphatic carbocycles. The highest BCUT2D eigenvalue weighted by Gasteiger charge is 2.09. The third-order valence-corrected chi connectivity index (χ3v) is 2.18. The summed E-state index contributed by atoms with van der Waals surface area (Å²) in [6, 6.07) is 1.69. The van der Waals surface area contributed by atoms with E-state index >= 15 is 0 Å². The molecule has 0 saturated heterocycles. The lowest BCUT2D eigenvalue weighted by Crippen LogP contribution is -2.18. The Kier molecular flexibility index (Phi) is 2.63. The van der Waals surface area contributed by atoms with Crippen LogP contribution in [0.2, 0.25) is 0 Å². The van der Waals surface area contributed by atoms with E-state index in [2.05, 4.69) is 19.9 Å². The van der Waals surface area contributed by atoms with Gasteiger partial charge in [-0.3, -0.25) is 4.79 Å². The first kappa shape index (κ1) is 10.3. The first-order valence-corrected chi connectivity index (χ1v) is 4.88. The van der Waals surface area contributed by atoms with Crippen LogP contribution in [0.3, 0.4) is 0 Å². The summed E-state index contributed by atoms with van der Waals surface area (Å²) in [5.74, 6) is 0.878. The fourth-order valence-electron chi connectivity index (χ4n) is 1.38. The topological polar surface area (TPSA) is 97.5 Å². The Morgan fingerprint density at radius 3 is 2.62 bits per heavy atom. The number of nitrogens with two attached hydrogens (primary N) is 1. The van der Waals surface area contributed by atoms with E-state index in [1.165, 1.54) is 0 Å². The quantitative estimate of drug-likeness (QED) is 0.757. The molecule has 0 fully saturated rings. The zero-order chi connectivity index (χ0) is 11.5. The van der Waals surface area contributed by atoms with Gasteiger partial charge in [0.1, 0.15) is 5.82 Å². The number of hydrogen-bond acceptors (Lipinski definition) is 5. The molecule has 0 radical (unpaired) electrons. The van der Waals surface area contributed by atoms with Crippen LogP contribution in [0.15, 0.2) is 23.3 Å². The van der Waals surface area contributed by atoms with Crippen LogP contribution in [0.1, 0.15) is 12.5 Å². The molecule has 0 spiro atoms. The van der Waals surface area contributed by atoms with Gasteiger partial charge in [0.2, 0.25) is 0 Å². The van der Waals surface area contributed by atoms with E-state index in [9.17, 15) is 4.79 Å². The maximum Gasteiger partial charge on any atom is 0.256 e. The van der Waals surface area contributed by atoms with Crippen molar-refractivity contribution in [2.45, 2.75) is 13.3 Å². The van der Waals surface area contributed by atoms with Gasteiger partial charge in [-0.2, -0.15) is 0 Å². The monoisotopic (exact) mass is 217 g/mol. The summed E-state index contributed by atoms with van der Waals surface area (Å²) in [5, 5.41) is 0. The van der Waals surface area contributed by atoms with Crippen LogP contribution in [0.5, 0.6) is 0 Å². The molecular weight excluding hydrogens is 206 g/mol. The highest BCUT2D eigenvalue weighted by atomic mass is 16.1. The predicted molar refractivity (Wildman–Crippen MR) is 59.7 cm³/mol. The van der Waals surface area contributed by atoms with Gasteiger partial charge < -0.3 is 10.7 Å². The minimum Gasteiger partial charge on any atom is -0.383 e. The SMILES string of the molecule is CCc1c(N)nc(-c2ncccn2)[nH]c1=O. The number of nitrogens with zero attached hydrogens (tertiary/aromatic N) is 3. The standard InChI is InChI=1S/C10H11N5O/c1-2-6-7(11)14-9(15-10(6)16)8-12-4-3-5-13-8/h3-5H,2H2,1H3,(H3,11,14,15,16). The molecule has 6 nitrogen and oxygen atoms in total. The van der Waals surface area contributed by atoms with Crippen LogP contribution in [0.4, 0.5) is 5.82 Å². The predicted octanol–water partition coefficient (Wildman–Crippen LogP) is 0.372. The highest BCUT2D eigenvalue weighted by molar-refractivity contribution is 5.48. The third kappa shape index (κ3) is 1.77. The van der Waals surface area contributed by atoms with E-state index in [4.69, 9.17) is 5.73 Å². The zero-order valence-electron chi connectivity index (χ0n) is 8.77. The maximum absolute atomic E-state index is 11.6. The molecule has 0 amide bonds. The zero-order valence-corrected chi connectivity index (χ0v) is 8.77. The van der Waals surface area contributed by atoms with E-state index < -0.39 is 0 Å². The van der Waals surface area contributed by atoms with E-state index in [0.717, 1.165) is 0 Å². The summed E-state index contributed by atoms with van der Waals surface area (Å²) in [4.78, 5) is 26.3. The number of H-pyrrole nitrogens is 1. The molecular formula is C10H11N5O. The van der Waals surface area contributed by atoms with Gasteiger partial charge in [0, 0.05) is 12.4 Å². The van der Waals surface area contributed by atoms with Crippen molar-refractivity contribution in [1.82, 2.24) is 19.9 Å². The normalized spacial score (nSPS) is 10.3. The Labute approximate surface area is 91.6 Å². The Morgan fingerprint density at radius 2 is 2.06 bits per heavy atom. The van der Waals surface area contributed by atoms with Crippen LogP contribution >= 0.6 is 0 Å². The molecule has 2 aromatic rings. The van der Waals surface area contributed by atoms with Crippen molar-refractivity contribution in [3.05, 3.63) is 34.4 Å². The van der Waals surface area contributed by atoms with Gasteiger partial charge in [0.05, 0.1) is 5.56 Å². The maximum atomic E-state index is 11.6. The van der Waals surface area contributed by atoms with E-state index in [0.29, 0.717) is 23.6 Å². The number of aromatic nitrogens is 4.